The van der Waals surface area contributed by atoms with Gasteiger partial charge in [0.05, 0.1) is 6.61 Å². The topological polar surface area (TPSA) is 33.7 Å². The van der Waals surface area contributed by atoms with Crippen LogP contribution >= 0.6 is 0 Å². The quantitative estimate of drug-likeness (QED) is 0.828. The van der Waals surface area contributed by atoms with E-state index in [1.54, 1.807) is 0 Å². The lowest BCUT2D eigenvalue weighted by atomic mass is 10.2. The number of ether oxygens (including phenoxy) is 2. The first-order valence-corrected chi connectivity index (χ1v) is 7.60. The van der Waals surface area contributed by atoms with E-state index < -0.39 is 0 Å². The lowest BCUT2D eigenvalue weighted by Crippen LogP contribution is -2.50. The molecule has 0 aliphatic carbocycles. The first-order valence-electron chi connectivity index (χ1n) is 7.60. The highest BCUT2D eigenvalue weighted by atomic mass is 16.5. The fourth-order valence-corrected chi connectivity index (χ4v) is 2.35. The van der Waals surface area contributed by atoms with Gasteiger partial charge < -0.3 is 14.8 Å². The molecule has 1 aromatic rings. The third-order valence-corrected chi connectivity index (χ3v) is 3.58. The molecule has 0 radical (unpaired) electrons. The summed E-state index contributed by atoms with van der Waals surface area (Å²) in [5.41, 5.74) is 0. The van der Waals surface area contributed by atoms with Crippen molar-refractivity contribution in [3.05, 3.63) is 24.3 Å². The standard InChI is InChI=1S/C16H26N2O2/c1-3-11-19-15-4-6-16(7-5-15)20-12-10-18-9-8-17-13-14(18)2/h4-7,14,17H,3,8-13H2,1-2H3. The summed E-state index contributed by atoms with van der Waals surface area (Å²) in [6.07, 6.45) is 1.03. The number of nitrogens with one attached hydrogen (secondary N) is 1. The van der Waals surface area contributed by atoms with Gasteiger partial charge in [0.25, 0.3) is 0 Å². The molecule has 0 aromatic heterocycles. The molecule has 0 amide bonds. The molecule has 1 N–H and O–H groups in total. The Kier molecular flexibility index (Phi) is 6.15. The van der Waals surface area contributed by atoms with E-state index in [-0.39, 0.29) is 0 Å². The van der Waals surface area contributed by atoms with Crippen molar-refractivity contribution in [1.82, 2.24) is 10.2 Å². The monoisotopic (exact) mass is 278 g/mol. The molecule has 1 heterocycles. The highest BCUT2D eigenvalue weighted by Crippen LogP contribution is 2.17. The summed E-state index contributed by atoms with van der Waals surface area (Å²) in [5.74, 6) is 1.83. The van der Waals surface area contributed by atoms with E-state index in [0.717, 1.165) is 57.3 Å². The van der Waals surface area contributed by atoms with Crippen LogP contribution in [-0.4, -0.2) is 50.3 Å². The van der Waals surface area contributed by atoms with E-state index in [0.29, 0.717) is 6.04 Å². The molecule has 1 aliphatic rings. The van der Waals surface area contributed by atoms with Gasteiger partial charge in [0, 0.05) is 32.2 Å². The third kappa shape index (κ3) is 4.69. The SMILES string of the molecule is CCCOc1ccc(OCCN2CCNCC2C)cc1. The van der Waals surface area contributed by atoms with Crippen molar-refractivity contribution in [2.45, 2.75) is 26.3 Å². The van der Waals surface area contributed by atoms with E-state index in [1.807, 2.05) is 24.3 Å². The average molecular weight is 278 g/mol. The van der Waals surface area contributed by atoms with Crippen molar-refractivity contribution in [3.8, 4) is 11.5 Å². The van der Waals surface area contributed by atoms with Crippen LogP contribution in [0.3, 0.4) is 0 Å². The summed E-state index contributed by atoms with van der Waals surface area (Å²) in [6.45, 7) is 10.1. The van der Waals surface area contributed by atoms with E-state index in [4.69, 9.17) is 9.47 Å². The molecule has 1 saturated heterocycles. The molecular formula is C16H26N2O2. The number of nitrogens with zero attached hydrogens (tertiary/aromatic N) is 1. The molecule has 112 valence electrons. The number of piperazine rings is 1. The van der Waals surface area contributed by atoms with Crippen LogP contribution in [0.2, 0.25) is 0 Å². The predicted octanol–water partition coefficient (Wildman–Crippen LogP) is 2.15. The Morgan fingerprint density at radius 1 is 1.15 bits per heavy atom. The van der Waals surface area contributed by atoms with Gasteiger partial charge in [-0.2, -0.15) is 0 Å². The van der Waals surface area contributed by atoms with Gasteiger partial charge in [-0.1, -0.05) is 6.92 Å². The second-order valence-corrected chi connectivity index (χ2v) is 5.26. The van der Waals surface area contributed by atoms with Gasteiger partial charge in [0.1, 0.15) is 18.1 Å². The Morgan fingerprint density at radius 3 is 2.40 bits per heavy atom. The smallest absolute Gasteiger partial charge is 0.119 e. The maximum absolute atomic E-state index is 5.80. The van der Waals surface area contributed by atoms with Crippen molar-refractivity contribution >= 4 is 0 Å². The van der Waals surface area contributed by atoms with Gasteiger partial charge >= 0.3 is 0 Å². The molecule has 1 aliphatic heterocycles. The van der Waals surface area contributed by atoms with Crippen LogP contribution in [-0.2, 0) is 0 Å². The highest BCUT2D eigenvalue weighted by Gasteiger charge is 2.16. The summed E-state index contributed by atoms with van der Waals surface area (Å²) in [4.78, 5) is 2.47. The third-order valence-electron chi connectivity index (χ3n) is 3.58. The molecular weight excluding hydrogens is 252 g/mol. The van der Waals surface area contributed by atoms with Crippen LogP contribution in [0.15, 0.2) is 24.3 Å². The summed E-state index contributed by atoms with van der Waals surface area (Å²) in [5, 5.41) is 3.40. The molecule has 0 bridgehead atoms. The minimum Gasteiger partial charge on any atom is -0.494 e. The summed E-state index contributed by atoms with van der Waals surface area (Å²) in [7, 11) is 0. The van der Waals surface area contributed by atoms with E-state index in [9.17, 15) is 0 Å². The van der Waals surface area contributed by atoms with Gasteiger partial charge in [0.15, 0.2) is 0 Å². The molecule has 4 nitrogen and oxygen atoms in total. The van der Waals surface area contributed by atoms with Crippen LogP contribution in [0, 0.1) is 0 Å². The van der Waals surface area contributed by atoms with Crippen molar-refractivity contribution in [1.29, 1.82) is 0 Å². The van der Waals surface area contributed by atoms with Crippen LogP contribution in [0.1, 0.15) is 20.3 Å². The van der Waals surface area contributed by atoms with Gasteiger partial charge in [-0.25, -0.2) is 0 Å². The maximum Gasteiger partial charge on any atom is 0.119 e. The van der Waals surface area contributed by atoms with E-state index in [2.05, 4.69) is 24.1 Å². The molecule has 1 atom stereocenters. The lowest BCUT2D eigenvalue weighted by molar-refractivity contribution is 0.143. The fraction of sp³-hybridized carbons (Fsp3) is 0.625. The molecule has 4 heteroatoms. The predicted molar refractivity (Wildman–Crippen MR) is 81.6 cm³/mol. The molecule has 0 saturated carbocycles. The highest BCUT2D eigenvalue weighted by molar-refractivity contribution is 5.31. The number of hydrogen-bond donors (Lipinski definition) is 1. The van der Waals surface area contributed by atoms with Gasteiger partial charge in [0.2, 0.25) is 0 Å². The Morgan fingerprint density at radius 2 is 1.80 bits per heavy atom. The minimum absolute atomic E-state index is 0.595. The van der Waals surface area contributed by atoms with Crippen LogP contribution in [0.25, 0.3) is 0 Å². The Hall–Kier alpha value is -1.26. The van der Waals surface area contributed by atoms with E-state index >= 15 is 0 Å². The summed E-state index contributed by atoms with van der Waals surface area (Å²) < 4.78 is 11.4. The van der Waals surface area contributed by atoms with E-state index in [1.165, 1.54) is 0 Å². The molecule has 1 fully saturated rings. The zero-order valence-corrected chi connectivity index (χ0v) is 12.6. The number of benzene rings is 1. The van der Waals surface area contributed by atoms with Gasteiger partial charge in [-0.05, 0) is 37.6 Å². The zero-order valence-electron chi connectivity index (χ0n) is 12.6. The first kappa shape index (κ1) is 15.1. The molecule has 2 rings (SSSR count). The minimum atomic E-state index is 0.595. The second-order valence-electron chi connectivity index (χ2n) is 5.26. The van der Waals surface area contributed by atoms with Gasteiger partial charge in [-0.3, -0.25) is 4.90 Å². The number of hydrogen-bond acceptors (Lipinski definition) is 4. The average Bonchev–Trinajstić information content (AvgIpc) is 2.48. The molecule has 1 unspecified atom stereocenters. The first-order chi connectivity index (χ1) is 9.79. The zero-order chi connectivity index (χ0) is 14.2. The van der Waals surface area contributed by atoms with Crippen molar-refractivity contribution in [2.75, 3.05) is 39.4 Å². The maximum atomic E-state index is 5.80. The van der Waals surface area contributed by atoms with Crippen molar-refractivity contribution < 1.29 is 9.47 Å². The molecule has 20 heavy (non-hydrogen) atoms. The largest absolute Gasteiger partial charge is 0.494 e. The Labute approximate surface area is 122 Å². The normalized spacial score (nSPS) is 19.8. The lowest BCUT2D eigenvalue weighted by Gasteiger charge is -2.33. The Balaban J connectivity index is 1.70. The van der Waals surface area contributed by atoms with Crippen molar-refractivity contribution in [3.63, 3.8) is 0 Å². The Bertz CT molecular complexity index is 381. The second kappa shape index (κ2) is 8.12. The van der Waals surface area contributed by atoms with Gasteiger partial charge in [-0.15, -0.1) is 0 Å². The molecule has 0 spiro atoms. The fourth-order valence-electron chi connectivity index (χ4n) is 2.35. The summed E-state index contributed by atoms with van der Waals surface area (Å²) in [6, 6.07) is 8.49. The summed E-state index contributed by atoms with van der Waals surface area (Å²) >= 11 is 0. The molecule has 1 aromatic carbocycles. The number of rotatable bonds is 7. The van der Waals surface area contributed by atoms with Crippen molar-refractivity contribution in [2.24, 2.45) is 0 Å². The van der Waals surface area contributed by atoms with Crippen LogP contribution in [0.5, 0.6) is 11.5 Å². The van der Waals surface area contributed by atoms with Crippen LogP contribution in [0.4, 0.5) is 0 Å². The van der Waals surface area contributed by atoms with Crippen LogP contribution < -0.4 is 14.8 Å².